The third kappa shape index (κ3) is 1.82. The van der Waals surface area contributed by atoms with Crippen LogP contribution in [0.2, 0.25) is 0 Å². The van der Waals surface area contributed by atoms with Gasteiger partial charge in [0.2, 0.25) is 11.9 Å². The number of nitrogens with one attached hydrogen (secondary N) is 1. The molecule has 0 bridgehead atoms. The molecule has 6 heteroatoms. The lowest BCUT2D eigenvalue weighted by atomic mass is 10.0. The van der Waals surface area contributed by atoms with Gasteiger partial charge < -0.3 is 17.2 Å². The van der Waals surface area contributed by atoms with Crippen LogP contribution in [0.4, 0.5) is 5.69 Å². The zero-order chi connectivity index (χ0) is 14.3. The number of nitrogens with zero attached hydrogens (tertiary/aromatic N) is 2. The molecule has 0 amide bonds. The van der Waals surface area contributed by atoms with Crippen molar-refractivity contribution in [2.75, 3.05) is 5.01 Å². The molecule has 0 atom stereocenters. The summed E-state index contributed by atoms with van der Waals surface area (Å²) in [4.78, 5) is 0. The number of hydrogen-bond donors (Lipinski definition) is 4. The quantitative estimate of drug-likeness (QED) is 0.366. The first-order valence-corrected chi connectivity index (χ1v) is 6.35. The molecular formula is C14H16N6. The van der Waals surface area contributed by atoms with Gasteiger partial charge in [0.1, 0.15) is 0 Å². The van der Waals surface area contributed by atoms with Crippen molar-refractivity contribution in [3.05, 3.63) is 41.5 Å². The van der Waals surface area contributed by atoms with Gasteiger partial charge in [-0.3, -0.25) is 5.41 Å². The van der Waals surface area contributed by atoms with Crippen molar-refractivity contribution in [2.45, 2.75) is 12.8 Å². The van der Waals surface area contributed by atoms with Crippen LogP contribution in [0, 0.1) is 5.41 Å². The van der Waals surface area contributed by atoms with Gasteiger partial charge in [0.25, 0.3) is 0 Å². The predicted octanol–water partition coefficient (Wildman–Crippen LogP) is 0.827. The van der Waals surface area contributed by atoms with E-state index < -0.39 is 0 Å². The van der Waals surface area contributed by atoms with Crippen molar-refractivity contribution in [3.63, 3.8) is 0 Å². The van der Waals surface area contributed by atoms with Crippen molar-refractivity contribution >= 4 is 28.4 Å². The van der Waals surface area contributed by atoms with Crippen molar-refractivity contribution in [1.82, 2.24) is 0 Å². The van der Waals surface area contributed by atoms with Crippen LogP contribution >= 0.6 is 0 Å². The summed E-state index contributed by atoms with van der Waals surface area (Å²) < 4.78 is 0. The van der Waals surface area contributed by atoms with Gasteiger partial charge in [0.15, 0.2) is 0 Å². The average Bonchev–Trinajstić information content (AvgIpc) is 2.82. The van der Waals surface area contributed by atoms with Crippen molar-refractivity contribution in [2.24, 2.45) is 22.3 Å². The molecule has 0 aromatic heterocycles. The minimum Gasteiger partial charge on any atom is -0.369 e. The van der Waals surface area contributed by atoms with Gasteiger partial charge in [0.05, 0.1) is 5.69 Å². The Morgan fingerprint density at radius 2 is 1.75 bits per heavy atom. The van der Waals surface area contributed by atoms with Crippen LogP contribution < -0.4 is 22.2 Å². The number of benzene rings is 2. The Morgan fingerprint density at radius 1 is 1.05 bits per heavy atom. The van der Waals surface area contributed by atoms with Gasteiger partial charge in [-0.05, 0) is 35.4 Å². The molecule has 3 rings (SSSR count). The van der Waals surface area contributed by atoms with Gasteiger partial charge in [-0.15, -0.1) is 5.10 Å². The van der Waals surface area contributed by atoms with Crippen LogP contribution in [0.5, 0.6) is 0 Å². The topological polar surface area (TPSA) is 118 Å². The number of rotatable bonds is 2. The van der Waals surface area contributed by atoms with E-state index in [9.17, 15) is 0 Å². The summed E-state index contributed by atoms with van der Waals surface area (Å²) in [7, 11) is 0. The lowest BCUT2D eigenvalue weighted by Gasteiger charge is -2.19. The second-order valence-corrected chi connectivity index (χ2v) is 4.81. The Hall–Kier alpha value is -2.76. The lowest BCUT2D eigenvalue weighted by molar-refractivity contribution is 1.02. The zero-order valence-corrected chi connectivity index (χ0v) is 10.9. The van der Waals surface area contributed by atoms with Crippen LogP contribution in [0.3, 0.4) is 0 Å². The van der Waals surface area contributed by atoms with E-state index in [1.54, 1.807) is 0 Å². The number of anilines is 1. The Balaban J connectivity index is 2.27. The lowest BCUT2D eigenvalue weighted by Crippen LogP contribution is -2.36. The first-order chi connectivity index (χ1) is 9.58. The molecular weight excluding hydrogens is 252 g/mol. The molecule has 0 saturated heterocycles. The Morgan fingerprint density at radius 3 is 2.40 bits per heavy atom. The van der Waals surface area contributed by atoms with Crippen LogP contribution in [-0.2, 0) is 12.8 Å². The van der Waals surface area contributed by atoms with Crippen LogP contribution in [-0.4, -0.2) is 11.9 Å². The van der Waals surface area contributed by atoms with Gasteiger partial charge in [-0.1, -0.05) is 24.3 Å². The highest BCUT2D eigenvalue weighted by Crippen LogP contribution is 2.36. The largest absolute Gasteiger partial charge is 0.369 e. The molecule has 0 aliphatic heterocycles. The Labute approximate surface area is 116 Å². The summed E-state index contributed by atoms with van der Waals surface area (Å²) >= 11 is 0. The molecule has 1 aliphatic carbocycles. The fourth-order valence-electron chi connectivity index (χ4n) is 2.77. The smallest absolute Gasteiger partial charge is 0.214 e. The molecule has 102 valence electrons. The fourth-order valence-corrected chi connectivity index (χ4v) is 2.77. The molecule has 1 aliphatic rings. The summed E-state index contributed by atoms with van der Waals surface area (Å²) in [6, 6.07) is 10.1. The number of guanidine groups is 2. The fraction of sp³-hybridized carbons (Fsp3) is 0.143. The summed E-state index contributed by atoms with van der Waals surface area (Å²) in [6.45, 7) is 0. The molecule has 0 spiro atoms. The van der Waals surface area contributed by atoms with E-state index in [-0.39, 0.29) is 11.9 Å². The second-order valence-electron chi connectivity index (χ2n) is 4.81. The normalized spacial score (nSPS) is 12.4. The molecule has 2 aromatic carbocycles. The van der Waals surface area contributed by atoms with E-state index in [1.807, 2.05) is 24.3 Å². The highest BCUT2D eigenvalue weighted by atomic mass is 15.5. The van der Waals surface area contributed by atoms with E-state index in [0.717, 1.165) is 18.2 Å². The van der Waals surface area contributed by atoms with Gasteiger partial charge >= 0.3 is 0 Å². The van der Waals surface area contributed by atoms with E-state index in [1.165, 1.54) is 21.5 Å². The van der Waals surface area contributed by atoms with Gasteiger partial charge in [-0.2, -0.15) is 5.01 Å². The summed E-state index contributed by atoms with van der Waals surface area (Å²) in [6.07, 6.45) is 2.08. The molecule has 0 heterocycles. The minimum atomic E-state index is -0.225. The van der Waals surface area contributed by atoms with Crippen LogP contribution in [0.1, 0.15) is 11.1 Å². The van der Waals surface area contributed by atoms with Gasteiger partial charge in [0, 0.05) is 5.39 Å². The van der Waals surface area contributed by atoms with Crippen molar-refractivity contribution in [1.29, 1.82) is 5.41 Å². The molecule has 0 fully saturated rings. The Kier molecular flexibility index (Phi) is 2.71. The molecule has 7 N–H and O–H groups in total. The molecule has 6 nitrogen and oxygen atoms in total. The Bertz CT molecular complexity index is 720. The molecule has 0 radical (unpaired) electrons. The summed E-state index contributed by atoms with van der Waals surface area (Å²) in [5.74, 6) is -0.361. The monoisotopic (exact) mass is 268 g/mol. The standard InChI is InChI=1S/C14H16N6/c15-13(16)19-20(14(17)18)11-7-6-9-5-4-8-2-1-3-10(11)12(8)9/h1-3,6-7H,4-5H2,(H3,17,18)(H4,15,16,19). The first kappa shape index (κ1) is 12.3. The highest BCUT2D eigenvalue weighted by molar-refractivity contribution is 6.06. The average molecular weight is 268 g/mol. The highest BCUT2D eigenvalue weighted by Gasteiger charge is 2.19. The minimum absolute atomic E-state index is 0.136. The molecule has 0 unspecified atom stereocenters. The van der Waals surface area contributed by atoms with E-state index in [2.05, 4.69) is 11.2 Å². The first-order valence-electron chi connectivity index (χ1n) is 6.35. The molecule has 0 saturated carbocycles. The third-order valence-corrected chi connectivity index (χ3v) is 3.53. The summed E-state index contributed by atoms with van der Waals surface area (Å²) in [5, 5.41) is 15.1. The van der Waals surface area contributed by atoms with Crippen molar-refractivity contribution < 1.29 is 0 Å². The summed E-state index contributed by atoms with van der Waals surface area (Å²) in [5.41, 5.74) is 19.8. The van der Waals surface area contributed by atoms with Crippen LogP contribution in [0.15, 0.2) is 35.4 Å². The molecule has 20 heavy (non-hydrogen) atoms. The third-order valence-electron chi connectivity index (χ3n) is 3.53. The SMILES string of the molecule is N=C(N)N(N=C(N)N)c1ccc2c3c(cccc13)CC2. The van der Waals surface area contributed by atoms with Crippen molar-refractivity contribution in [3.8, 4) is 0 Å². The van der Waals surface area contributed by atoms with Crippen LogP contribution in [0.25, 0.3) is 10.8 Å². The second kappa shape index (κ2) is 4.41. The number of nitrogens with two attached hydrogens (primary N) is 3. The number of hydrazone groups is 1. The maximum absolute atomic E-state index is 7.67. The maximum Gasteiger partial charge on any atom is 0.214 e. The number of hydrogen-bond acceptors (Lipinski definition) is 2. The predicted molar refractivity (Wildman–Crippen MR) is 81.6 cm³/mol. The van der Waals surface area contributed by atoms with E-state index in [0.29, 0.717) is 5.69 Å². The number of aryl methyl sites for hydroxylation is 2. The van der Waals surface area contributed by atoms with E-state index >= 15 is 0 Å². The van der Waals surface area contributed by atoms with E-state index in [4.69, 9.17) is 22.6 Å². The molecule has 2 aromatic rings. The van der Waals surface area contributed by atoms with Gasteiger partial charge in [-0.25, -0.2) is 0 Å². The maximum atomic E-state index is 7.67. The zero-order valence-electron chi connectivity index (χ0n) is 10.9.